The van der Waals surface area contributed by atoms with Gasteiger partial charge in [-0.15, -0.1) is 11.3 Å². The highest BCUT2D eigenvalue weighted by Crippen LogP contribution is 2.11. The van der Waals surface area contributed by atoms with E-state index in [9.17, 15) is 0 Å². The van der Waals surface area contributed by atoms with E-state index >= 15 is 0 Å². The summed E-state index contributed by atoms with van der Waals surface area (Å²) >= 11 is 1.76. The van der Waals surface area contributed by atoms with Crippen LogP contribution in [0.15, 0.2) is 17.5 Å². The first kappa shape index (κ1) is 9.71. The lowest BCUT2D eigenvalue weighted by atomic mass is 10.3. The molecule has 0 aliphatic heterocycles. The van der Waals surface area contributed by atoms with Crippen LogP contribution in [0.1, 0.15) is 11.8 Å². The van der Waals surface area contributed by atoms with E-state index in [0.717, 1.165) is 6.54 Å². The van der Waals surface area contributed by atoms with Gasteiger partial charge in [-0.2, -0.15) is 0 Å². The Bertz CT molecular complexity index is 210. The number of likely N-dealkylation sites (N-methyl/N-ethyl adjacent to an activating group) is 1. The molecular formula is C9H15NOS. The van der Waals surface area contributed by atoms with Crippen LogP contribution in [0.4, 0.5) is 0 Å². The average Bonchev–Trinajstić information content (AvgIpc) is 2.55. The van der Waals surface area contributed by atoms with Crippen LogP contribution in [0.3, 0.4) is 0 Å². The van der Waals surface area contributed by atoms with Crippen LogP contribution < -0.4 is 0 Å². The van der Waals surface area contributed by atoms with Crippen molar-refractivity contribution in [2.45, 2.75) is 19.5 Å². The van der Waals surface area contributed by atoms with E-state index in [0.29, 0.717) is 0 Å². The molecule has 0 saturated heterocycles. The van der Waals surface area contributed by atoms with Crippen molar-refractivity contribution in [3.63, 3.8) is 0 Å². The smallest absolute Gasteiger partial charge is 0.0584 e. The largest absolute Gasteiger partial charge is 0.395 e. The second-order valence-corrected chi connectivity index (χ2v) is 4.06. The molecule has 0 bridgehead atoms. The molecule has 1 atom stereocenters. The van der Waals surface area contributed by atoms with Crippen molar-refractivity contribution in [2.75, 3.05) is 13.7 Å². The molecule has 0 amide bonds. The number of rotatable bonds is 4. The Balaban J connectivity index is 2.41. The summed E-state index contributed by atoms with van der Waals surface area (Å²) in [5, 5.41) is 11.0. The molecule has 68 valence electrons. The fourth-order valence-electron chi connectivity index (χ4n) is 0.944. The third kappa shape index (κ3) is 2.59. The van der Waals surface area contributed by atoms with Crippen molar-refractivity contribution in [1.82, 2.24) is 4.90 Å². The van der Waals surface area contributed by atoms with Crippen molar-refractivity contribution in [2.24, 2.45) is 0 Å². The highest BCUT2D eigenvalue weighted by atomic mass is 32.1. The molecule has 0 aromatic carbocycles. The first-order chi connectivity index (χ1) is 5.74. The molecule has 1 unspecified atom stereocenters. The van der Waals surface area contributed by atoms with Crippen molar-refractivity contribution in [3.8, 4) is 0 Å². The molecule has 1 aromatic rings. The number of nitrogens with zero attached hydrogens (tertiary/aromatic N) is 1. The molecule has 0 radical (unpaired) electrons. The molecule has 0 aliphatic carbocycles. The van der Waals surface area contributed by atoms with Gasteiger partial charge in [0.2, 0.25) is 0 Å². The first-order valence-electron chi connectivity index (χ1n) is 4.07. The van der Waals surface area contributed by atoms with Gasteiger partial charge in [-0.3, -0.25) is 4.90 Å². The SMILES string of the molecule is CC(CO)N(C)Cc1cccs1. The lowest BCUT2D eigenvalue weighted by Crippen LogP contribution is -2.31. The van der Waals surface area contributed by atoms with Gasteiger partial charge in [-0.05, 0) is 25.4 Å². The zero-order valence-corrected chi connectivity index (χ0v) is 8.34. The topological polar surface area (TPSA) is 23.5 Å². The molecule has 0 saturated carbocycles. The zero-order valence-electron chi connectivity index (χ0n) is 7.53. The van der Waals surface area contributed by atoms with Crippen molar-refractivity contribution in [3.05, 3.63) is 22.4 Å². The predicted molar refractivity (Wildman–Crippen MR) is 52.3 cm³/mol. The van der Waals surface area contributed by atoms with Crippen LogP contribution in [0, 0.1) is 0 Å². The summed E-state index contributed by atoms with van der Waals surface area (Å²) in [6.07, 6.45) is 0. The fraction of sp³-hybridized carbons (Fsp3) is 0.556. The Morgan fingerprint density at radius 3 is 2.92 bits per heavy atom. The van der Waals surface area contributed by atoms with E-state index in [1.54, 1.807) is 11.3 Å². The van der Waals surface area contributed by atoms with Gasteiger partial charge in [0, 0.05) is 17.5 Å². The summed E-state index contributed by atoms with van der Waals surface area (Å²) in [7, 11) is 2.03. The number of hydrogen-bond donors (Lipinski definition) is 1. The van der Waals surface area contributed by atoms with E-state index in [-0.39, 0.29) is 12.6 Å². The number of aliphatic hydroxyl groups excluding tert-OH is 1. The Kier molecular flexibility index (Phi) is 3.72. The van der Waals surface area contributed by atoms with Crippen molar-refractivity contribution < 1.29 is 5.11 Å². The van der Waals surface area contributed by atoms with Crippen LogP contribution in [0.2, 0.25) is 0 Å². The maximum absolute atomic E-state index is 8.90. The van der Waals surface area contributed by atoms with Gasteiger partial charge in [-0.1, -0.05) is 6.07 Å². The number of thiophene rings is 1. The number of aliphatic hydroxyl groups is 1. The Labute approximate surface area is 77.5 Å². The second kappa shape index (κ2) is 4.60. The minimum absolute atomic E-state index is 0.224. The van der Waals surface area contributed by atoms with E-state index in [1.165, 1.54) is 4.88 Å². The fourth-order valence-corrected chi connectivity index (χ4v) is 1.71. The standard InChI is InChI=1S/C9H15NOS/c1-8(7-11)10(2)6-9-4-3-5-12-9/h3-5,8,11H,6-7H2,1-2H3. The molecule has 1 rings (SSSR count). The molecule has 0 aliphatic rings. The summed E-state index contributed by atoms with van der Waals surface area (Å²) in [4.78, 5) is 3.49. The van der Waals surface area contributed by atoms with Gasteiger partial charge in [-0.25, -0.2) is 0 Å². The molecule has 12 heavy (non-hydrogen) atoms. The third-order valence-electron chi connectivity index (χ3n) is 2.00. The Morgan fingerprint density at radius 2 is 2.42 bits per heavy atom. The average molecular weight is 185 g/mol. The monoisotopic (exact) mass is 185 g/mol. The summed E-state index contributed by atoms with van der Waals surface area (Å²) in [5.74, 6) is 0. The van der Waals surface area contributed by atoms with E-state index in [1.807, 2.05) is 14.0 Å². The summed E-state index contributed by atoms with van der Waals surface area (Å²) in [6, 6.07) is 4.41. The van der Waals surface area contributed by atoms with Gasteiger partial charge in [0.25, 0.3) is 0 Å². The zero-order chi connectivity index (χ0) is 8.97. The molecule has 1 heterocycles. The van der Waals surface area contributed by atoms with Gasteiger partial charge >= 0.3 is 0 Å². The molecule has 2 nitrogen and oxygen atoms in total. The minimum atomic E-state index is 0.224. The van der Waals surface area contributed by atoms with E-state index in [4.69, 9.17) is 5.11 Å². The summed E-state index contributed by atoms with van der Waals surface area (Å²) < 4.78 is 0. The van der Waals surface area contributed by atoms with E-state index < -0.39 is 0 Å². The van der Waals surface area contributed by atoms with Crippen molar-refractivity contribution in [1.29, 1.82) is 0 Å². The molecule has 0 fully saturated rings. The van der Waals surface area contributed by atoms with Gasteiger partial charge < -0.3 is 5.11 Å². The van der Waals surface area contributed by atoms with Gasteiger partial charge in [0.05, 0.1) is 6.61 Å². The van der Waals surface area contributed by atoms with Crippen LogP contribution in [-0.2, 0) is 6.54 Å². The first-order valence-corrected chi connectivity index (χ1v) is 4.95. The summed E-state index contributed by atoms with van der Waals surface area (Å²) in [5.41, 5.74) is 0. The van der Waals surface area contributed by atoms with Crippen LogP contribution in [0.5, 0.6) is 0 Å². The molecule has 0 spiro atoms. The van der Waals surface area contributed by atoms with Crippen LogP contribution >= 0.6 is 11.3 Å². The third-order valence-corrected chi connectivity index (χ3v) is 2.86. The predicted octanol–water partition coefficient (Wildman–Crippen LogP) is 1.56. The maximum atomic E-state index is 8.90. The highest BCUT2D eigenvalue weighted by Gasteiger charge is 2.07. The van der Waals surface area contributed by atoms with Crippen molar-refractivity contribution >= 4 is 11.3 Å². The lowest BCUT2D eigenvalue weighted by Gasteiger charge is -2.21. The lowest BCUT2D eigenvalue weighted by molar-refractivity contribution is 0.155. The van der Waals surface area contributed by atoms with E-state index in [2.05, 4.69) is 22.4 Å². The quantitative estimate of drug-likeness (QED) is 0.769. The van der Waals surface area contributed by atoms with Crippen LogP contribution in [-0.4, -0.2) is 29.7 Å². The Hall–Kier alpha value is -0.380. The molecule has 1 N–H and O–H groups in total. The van der Waals surface area contributed by atoms with Gasteiger partial charge in [0.1, 0.15) is 0 Å². The highest BCUT2D eigenvalue weighted by molar-refractivity contribution is 7.09. The molecule has 1 aromatic heterocycles. The normalized spacial score (nSPS) is 13.7. The molecular weight excluding hydrogens is 170 g/mol. The minimum Gasteiger partial charge on any atom is -0.395 e. The van der Waals surface area contributed by atoms with Gasteiger partial charge in [0.15, 0.2) is 0 Å². The maximum Gasteiger partial charge on any atom is 0.0584 e. The second-order valence-electron chi connectivity index (χ2n) is 3.03. The number of hydrogen-bond acceptors (Lipinski definition) is 3. The Morgan fingerprint density at radius 1 is 1.67 bits per heavy atom. The summed E-state index contributed by atoms with van der Waals surface area (Å²) in [6.45, 7) is 3.18. The van der Waals surface area contributed by atoms with Crippen LogP contribution in [0.25, 0.3) is 0 Å². The molecule has 3 heteroatoms.